The van der Waals surface area contributed by atoms with Crippen LogP contribution in [0.5, 0.6) is 11.6 Å². The standard InChI is InChI=1S/C39H52F3N5O9S/c1-22-11-7-8-12-24-19-38(24,34(50)46-57(52,53)37(5)15-16-37)45-31(48)28-18-25(55-32-27-14-10-9-13-26(27)29(54-6)20-43-32)21-47(28)33(49)30(23(2)17-22)44-35(51)56-36(3,4)39(40,41)42/h9-10,13-14,20,22-25,28,30H,7-8,11-12,15-19,21H2,1-6H3,(H,44,51)(H,45,48)(H,46,50)/t22-,23-,24-,25-,28+,30+,38-/m1/s1/i6D3. The molecule has 2 aliphatic heterocycles. The van der Waals surface area contributed by atoms with Crippen molar-refractivity contribution in [3.8, 4) is 11.6 Å². The maximum atomic E-state index is 14.8. The molecule has 0 bridgehead atoms. The van der Waals surface area contributed by atoms with E-state index in [1.54, 1.807) is 31.2 Å². The van der Waals surface area contributed by atoms with Crippen LogP contribution in [0.25, 0.3) is 10.8 Å². The predicted molar refractivity (Wildman–Crippen MR) is 201 cm³/mol. The number of aromatic nitrogens is 1. The highest BCUT2D eigenvalue weighted by Crippen LogP contribution is 2.49. The molecule has 1 aromatic heterocycles. The van der Waals surface area contributed by atoms with Gasteiger partial charge in [0.15, 0.2) is 0 Å². The van der Waals surface area contributed by atoms with E-state index in [2.05, 4.69) is 20.3 Å². The highest BCUT2D eigenvalue weighted by atomic mass is 32.2. The Labute approximate surface area is 334 Å². The summed E-state index contributed by atoms with van der Waals surface area (Å²) in [6, 6.07) is 3.66. The second kappa shape index (κ2) is 15.4. The zero-order valence-electron chi connectivity index (χ0n) is 35.5. The van der Waals surface area contributed by atoms with Crippen molar-refractivity contribution >= 4 is 44.6 Å². The number of nitrogens with one attached hydrogen (secondary N) is 3. The maximum Gasteiger partial charge on any atom is 0.427 e. The fourth-order valence-corrected chi connectivity index (χ4v) is 9.26. The molecule has 314 valence electrons. The third kappa shape index (κ3) is 8.60. The lowest BCUT2D eigenvalue weighted by molar-refractivity contribution is -0.244. The van der Waals surface area contributed by atoms with Gasteiger partial charge in [-0.05, 0) is 76.7 Å². The smallest absolute Gasteiger partial charge is 0.427 e. The van der Waals surface area contributed by atoms with Crippen LogP contribution in [0.2, 0.25) is 0 Å². The van der Waals surface area contributed by atoms with E-state index in [1.807, 2.05) is 6.92 Å². The number of benzene rings is 1. The van der Waals surface area contributed by atoms with Crippen LogP contribution in [-0.4, -0.2) is 96.0 Å². The van der Waals surface area contributed by atoms with E-state index in [4.69, 9.17) is 18.3 Å². The normalized spacial score (nSPS) is 30.5. The quantitative estimate of drug-likeness (QED) is 0.323. The first-order valence-corrected chi connectivity index (χ1v) is 20.7. The number of halogens is 3. The molecule has 2 saturated heterocycles. The van der Waals surface area contributed by atoms with E-state index < -0.39 is 93.0 Å². The number of carbonyl (C=O) groups excluding carboxylic acids is 4. The molecule has 2 aromatic rings. The number of carbonyl (C=O) groups is 4. The summed E-state index contributed by atoms with van der Waals surface area (Å²) < 4.78 is 108. The Balaban J connectivity index is 1.35. The van der Waals surface area contributed by atoms with E-state index in [9.17, 15) is 40.8 Å². The third-order valence-electron chi connectivity index (χ3n) is 12.1. The third-order valence-corrected chi connectivity index (χ3v) is 14.2. The van der Waals surface area contributed by atoms with E-state index >= 15 is 0 Å². The SMILES string of the molecule is [2H]C([2H])([2H])Oc1cnc(O[C@@H]2C[C@H]3C(=O)N[C@]4(C(=O)NS(=O)(=O)C5(C)CC5)C[C@H]4CCCC[C@@H](C)C[C@@H](C)[C@H](NC(=O)OC(C)(C)C(F)(F)F)C(=O)N3C2)c2ccccc12. The summed E-state index contributed by atoms with van der Waals surface area (Å²) in [5.41, 5.74) is -4.52. The summed E-state index contributed by atoms with van der Waals surface area (Å²) >= 11 is 0. The van der Waals surface area contributed by atoms with E-state index in [-0.39, 0.29) is 36.9 Å². The van der Waals surface area contributed by atoms with Crippen molar-refractivity contribution in [2.75, 3.05) is 13.6 Å². The first-order valence-electron chi connectivity index (χ1n) is 20.7. The van der Waals surface area contributed by atoms with Crippen LogP contribution in [-0.2, 0) is 29.1 Å². The van der Waals surface area contributed by atoms with Crippen molar-refractivity contribution < 1.29 is 59.1 Å². The van der Waals surface area contributed by atoms with E-state index in [1.165, 1.54) is 13.1 Å². The van der Waals surface area contributed by atoms with Crippen molar-refractivity contribution in [3.05, 3.63) is 30.5 Å². The van der Waals surface area contributed by atoms with E-state index in [0.717, 1.165) is 4.90 Å². The van der Waals surface area contributed by atoms with Gasteiger partial charge in [-0.1, -0.05) is 51.3 Å². The Bertz CT molecular complexity index is 2120. The van der Waals surface area contributed by atoms with Gasteiger partial charge in [-0.25, -0.2) is 18.2 Å². The monoisotopic (exact) mass is 826 g/mol. The molecule has 3 heterocycles. The zero-order chi connectivity index (χ0) is 44.2. The molecule has 4 fully saturated rings. The fraction of sp³-hybridized carbons (Fsp3) is 0.667. The molecule has 4 amide bonds. The number of nitrogens with zero attached hydrogens (tertiary/aromatic N) is 2. The lowest BCUT2D eigenvalue weighted by atomic mass is 9.87. The summed E-state index contributed by atoms with van der Waals surface area (Å²) in [7, 11) is -6.88. The van der Waals surface area contributed by atoms with Gasteiger partial charge < -0.3 is 29.7 Å². The van der Waals surface area contributed by atoms with Gasteiger partial charge in [0, 0.05) is 17.2 Å². The Kier molecular flexibility index (Phi) is 10.3. The van der Waals surface area contributed by atoms with Gasteiger partial charge in [-0.2, -0.15) is 13.2 Å². The lowest BCUT2D eigenvalue weighted by Crippen LogP contribution is -2.59. The fourth-order valence-electron chi connectivity index (χ4n) is 7.94. The van der Waals surface area contributed by atoms with Gasteiger partial charge in [0.25, 0.3) is 5.91 Å². The molecule has 1 aromatic carbocycles. The average Bonchev–Trinajstić information content (AvgIpc) is 4.01. The van der Waals surface area contributed by atoms with Gasteiger partial charge in [-0.3, -0.25) is 19.1 Å². The van der Waals surface area contributed by atoms with Crippen LogP contribution in [0.1, 0.15) is 96.5 Å². The number of rotatable bonds is 8. The molecule has 18 heteroatoms. The Morgan fingerprint density at radius 1 is 1.07 bits per heavy atom. The van der Waals surface area contributed by atoms with Crippen molar-refractivity contribution in [3.63, 3.8) is 0 Å². The number of ether oxygens (including phenoxy) is 3. The summed E-state index contributed by atoms with van der Waals surface area (Å²) in [4.78, 5) is 61.9. The minimum Gasteiger partial charge on any atom is -0.494 e. The number of alkyl halides is 3. The first kappa shape index (κ1) is 38.2. The van der Waals surface area contributed by atoms with Crippen molar-refractivity contribution in [1.82, 2.24) is 25.2 Å². The van der Waals surface area contributed by atoms with Crippen LogP contribution >= 0.6 is 0 Å². The number of fused-ring (bicyclic) bond motifs is 3. The molecule has 4 aliphatic rings. The Morgan fingerprint density at radius 2 is 1.75 bits per heavy atom. The first-order chi connectivity index (χ1) is 27.8. The molecule has 0 radical (unpaired) electrons. The molecular formula is C39H52F3N5O9S. The van der Waals surface area contributed by atoms with Crippen LogP contribution in [0.15, 0.2) is 30.5 Å². The summed E-state index contributed by atoms with van der Waals surface area (Å²) in [5.74, 6) is -3.66. The number of hydrogen-bond acceptors (Lipinski definition) is 10. The van der Waals surface area contributed by atoms with Crippen LogP contribution in [0, 0.1) is 17.8 Å². The van der Waals surface area contributed by atoms with Gasteiger partial charge in [0.2, 0.25) is 33.3 Å². The minimum atomic E-state index is -4.94. The second-order valence-corrected chi connectivity index (χ2v) is 19.1. The highest BCUT2D eigenvalue weighted by molar-refractivity contribution is 7.91. The number of methoxy groups -OCH3 is 1. The highest BCUT2D eigenvalue weighted by Gasteiger charge is 2.63. The lowest BCUT2D eigenvalue weighted by Gasteiger charge is -2.34. The van der Waals surface area contributed by atoms with Crippen molar-refractivity contribution in [2.24, 2.45) is 17.8 Å². The maximum absolute atomic E-state index is 14.8. The van der Waals surface area contributed by atoms with Crippen LogP contribution < -0.4 is 24.8 Å². The Hall–Kier alpha value is -4.35. The van der Waals surface area contributed by atoms with Crippen molar-refractivity contribution in [1.29, 1.82) is 0 Å². The number of alkyl carbamates (subject to hydrolysis) is 1. The summed E-state index contributed by atoms with van der Waals surface area (Å²) in [6.45, 7) is 6.19. The molecule has 2 aliphatic carbocycles. The summed E-state index contributed by atoms with van der Waals surface area (Å²) in [5, 5.41) is 5.85. The van der Waals surface area contributed by atoms with Crippen LogP contribution in [0.4, 0.5) is 18.0 Å². The topological polar surface area (TPSA) is 182 Å². The molecule has 57 heavy (non-hydrogen) atoms. The molecule has 7 atom stereocenters. The Morgan fingerprint density at radius 3 is 2.42 bits per heavy atom. The minimum absolute atomic E-state index is 0.0100. The molecule has 3 N–H and O–H groups in total. The molecular weight excluding hydrogens is 772 g/mol. The van der Waals surface area contributed by atoms with E-state index in [0.29, 0.717) is 69.6 Å². The average molecular weight is 827 g/mol. The van der Waals surface area contributed by atoms with Gasteiger partial charge in [0.05, 0.1) is 28.6 Å². The van der Waals surface area contributed by atoms with Gasteiger partial charge >= 0.3 is 12.3 Å². The molecule has 14 nitrogen and oxygen atoms in total. The molecule has 0 unspecified atom stereocenters. The van der Waals surface area contributed by atoms with Gasteiger partial charge in [0.1, 0.15) is 29.5 Å². The van der Waals surface area contributed by atoms with Gasteiger partial charge in [-0.15, -0.1) is 0 Å². The largest absolute Gasteiger partial charge is 0.494 e. The number of sulfonamides is 1. The second-order valence-electron chi connectivity index (χ2n) is 16.9. The van der Waals surface area contributed by atoms with Crippen molar-refractivity contribution in [2.45, 2.75) is 133 Å². The number of amides is 4. The zero-order valence-corrected chi connectivity index (χ0v) is 33.3. The number of pyridine rings is 1. The number of hydrogen-bond donors (Lipinski definition) is 3. The summed E-state index contributed by atoms with van der Waals surface area (Å²) in [6.07, 6.45) is -2.70. The molecule has 0 spiro atoms. The van der Waals surface area contributed by atoms with Crippen LogP contribution in [0.3, 0.4) is 0 Å². The molecule has 6 rings (SSSR count). The molecule has 2 saturated carbocycles. The predicted octanol–water partition coefficient (Wildman–Crippen LogP) is 5.14.